The maximum atomic E-state index is 10.8. The highest BCUT2D eigenvalue weighted by Gasteiger charge is 2.22. The van der Waals surface area contributed by atoms with Crippen LogP contribution in [0.25, 0.3) is 82.4 Å². The van der Waals surface area contributed by atoms with Crippen LogP contribution in [0.3, 0.4) is 0 Å². The van der Waals surface area contributed by atoms with Crippen molar-refractivity contribution >= 4 is 70.0 Å². The summed E-state index contributed by atoms with van der Waals surface area (Å²) >= 11 is 0. The van der Waals surface area contributed by atoms with Gasteiger partial charge in [-0.15, -0.1) is 0 Å². The molecule has 8 aromatic carbocycles. The number of rotatable bonds is 5. The molecule has 52 heavy (non-hydrogen) atoms. The van der Waals surface area contributed by atoms with Crippen LogP contribution in [-0.2, 0) is 6.42 Å². The molecule has 248 valence electrons. The monoisotopic (exact) mass is 672 g/mol. The molecular weight excluding hydrogens is 638 g/mol. The van der Waals surface area contributed by atoms with E-state index in [9.17, 15) is 15.3 Å². The zero-order valence-corrected chi connectivity index (χ0v) is 29.1. The van der Waals surface area contributed by atoms with Crippen molar-refractivity contribution in [1.82, 2.24) is 9.55 Å². The Labute approximate surface area is 302 Å². The lowest BCUT2D eigenvalue weighted by molar-refractivity contribution is 0.371. The summed E-state index contributed by atoms with van der Waals surface area (Å²) in [5.41, 5.74) is 10.3. The summed E-state index contributed by atoms with van der Waals surface area (Å²) in [6.07, 6.45) is 0.820. The molecule has 0 aliphatic heterocycles. The highest BCUT2D eigenvalue weighted by Crippen LogP contribution is 2.47. The van der Waals surface area contributed by atoms with Gasteiger partial charge in [-0.25, -0.2) is 4.98 Å². The molecule has 0 aliphatic rings. The third kappa shape index (κ3) is 4.62. The van der Waals surface area contributed by atoms with Gasteiger partial charge < -0.3 is 15.3 Å². The molecule has 7 heteroatoms. The molecular formula is C45H34B2N2O3. The predicted molar refractivity (Wildman–Crippen MR) is 221 cm³/mol. The van der Waals surface area contributed by atoms with E-state index in [0.29, 0.717) is 16.5 Å². The Morgan fingerprint density at radius 3 is 1.63 bits per heavy atom. The first-order valence-corrected chi connectivity index (χ1v) is 17.6. The lowest BCUT2D eigenvalue weighted by atomic mass is 9.74. The Balaban J connectivity index is 1.28. The van der Waals surface area contributed by atoms with Crippen molar-refractivity contribution in [1.29, 1.82) is 0 Å². The fraction of sp³-hybridized carbons (Fsp3) is 0.0444. The predicted octanol–water partition coefficient (Wildman–Crippen LogP) is 7.68. The van der Waals surface area contributed by atoms with E-state index in [1.807, 2.05) is 26.0 Å². The minimum Gasteiger partial charge on any atom is -0.505 e. The smallest absolute Gasteiger partial charge is 0.200 e. The van der Waals surface area contributed by atoms with Gasteiger partial charge in [0, 0.05) is 17.4 Å². The number of hydrogen-bond donors (Lipinski definition) is 3. The van der Waals surface area contributed by atoms with Crippen molar-refractivity contribution in [3.63, 3.8) is 0 Å². The molecule has 0 radical (unpaired) electrons. The average Bonchev–Trinajstić information content (AvgIpc) is 3.57. The highest BCUT2D eigenvalue weighted by atomic mass is 16.3. The van der Waals surface area contributed by atoms with Gasteiger partial charge in [-0.3, -0.25) is 4.57 Å². The second kappa shape index (κ2) is 12.1. The van der Waals surface area contributed by atoms with Crippen LogP contribution in [0.5, 0.6) is 17.2 Å². The van der Waals surface area contributed by atoms with Gasteiger partial charge in [0.05, 0.1) is 16.7 Å². The molecule has 3 N–H and O–H groups in total. The number of imidazole rings is 1. The van der Waals surface area contributed by atoms with Crippen LogP contribution in [0, 0.1) is 0 Å². The van der Waals surface area contributed by atoms with E-state index in [0.717, 1.165) is 67.2 Å². The maximum Gasteiger partial charge on any atom is 0.200 e. The standard InChI is InChI=1S/C45H34B2N2O3/c1-2-37-48-34-17-9-10-18-36(34)49(37)35-24-23-33(27-11-3-4-12-28(27)35)40-31-15-7-5-13-29(31)38(30-14-6-8-16-32(30)40)25-19-21-26(22-20-25)39-41(46)42(47)44(51)45(52)43(39)50/h3-24,50-52H,2,46-47H2,1H3. The molecule has 0 fully saturated rings. The first-order chi connectivity index (χ1) is 25.4. The molecule has 0 bridgehead atoms. The molecule has 5 nitrogen and oxygen atoms in total. The summed E-state index contributed by atoms with van der Waals surface area (Å²) in [5.74, 6) is -0.0803. The molecule has 0 aliphatic carbocycles. The van der Waals surface area contributed by atoms with Crippen molar-refractivity contribution in [3.05, 3.63) is 139 Å². The quantitative estimate of drug-likeness (QED) is 0.0997. The number of phenolic OH excluding ortho intramolecular Hbond substituents is 3. The molecule has 1 aromatic heterocycles. The Kier molecular flexibility index (Phi) is 7.33. The number of fused-ring (bicyclic) bond motifs is 4. The second-order valence-corrected chi connectivity index (χ2v) is 13.5. The minimum atomic E-state index is -0.500. The Morgan fingerprint density at radius 1 is 0.500 bits per heavy atom. The molecule has 0 spiro atoms. The molecule has 0 unspecified atom stereocenters. The van der Waals surface area contributed by atoms with E-state index in [2.05, 4.69) is 127 Å². The SMILES string of the molecule is Bc1c(B)c(-c2ccc(-c3c4ccccc4c(-c4ccc(-n5c(CC)nc6ccccc65)c5ccccc45)c4ccccc34)cc2)c(O)c(O)c1O. The van der Waals surface area contributed by atoms with Gasteiger partial charge in [-0.05, 0) is 78.4 Å². The number of phenols is 3. The van der Waals surface area contributed by atoms with Crippen LogP contribution in [0.1, 0.15) is 12.7 Å². The van der Waals surface area contributed by atoms with Crippen LogP contribution in [0.15, 0.2) is 133 Å². The van der Waals surface area contributed by atoms with Crippen LogP contribution in [-0.4, -0.2) is 40.6 Å². The highest BCUT2D eigenvalue weighted by molar-refractivity contribution is 6.52. The van der Waals surface area contributed by atoms with E-state index in [4.69, 9.17) is 4.98 Å². The van der Waals surface area contributed by atoms with Crippen LogP contribution in [0.2, 0.25) is 0 Å². The van der Waals surface area contributed by atoms with Crippen molar-refractivity contribution in [2.45, 2.75) is 13.3 Å². The van der Waals surface area contributed by atoms with Gasteiger partial charge in [0.2, 0.25) is 0 Å². The molecule has 0 atom stereocenters. The second-order valence-electron chi connectivity index (χ2n) is 13.5. The average molecular weight is 672 g/mol. The first-order valence-electron chi connectivity index (χ1n) is 17.6. The fourth-order valence-corrected chi connectivity index (χ4v) is 8.12. The van der Waals surface area contributed by atoms with E-state index in [1.54, 1.807) is 7.85 Å². The van der Waals surface area contributed by atoms with Crippen LogP contribution >= 0.6 is 0 Å². The van der Waals surface area contributed by atoms with Crippen LogP contribution < -0.4 is 10.9 Å². The Bertz CT molecular complexity index is 2810. The number of aryl methyl sites for hydroxylation is 1. The third-order valence-corrected chi connectivity index (χ3v) is 10.7. The van der Waals surface area contributed by atoms with Crippen molar-refractivity contribution in [2.24, 2.45) is 0 Å². The lowest BCUT2D eigenvalue weighted by Crippen LogP contribution is -2.28. The van der Waals surface area contributed by atoms with Crippen LogP contribution in [0.4, 0.5) is 0 Å². The van der Waals surface area contributed by atoms with Gasteiger partial charge >= 0.3 is 0 Å². The van der Waals surface area contributed by atoms with Crippen molar-refractivity contribution in [2.75, 3.05) is 0 Å². The molecule has 9 aromatic rings. The number of aromatic nitrogens is 2. The summed E-state index contributed by atoms with van der Waals surface area (Å²) in [6.45, 7) is 2.16. The van der Waals surface area contributed by atoms with Crippen molar-refractivity contribution in [3.8, 4) is 56.3 Å². The van der Waals surface area contributed by atoms with Gasteiger partial charge in [0.15, 0.2) is 17.2 Å². The summed E-state index contributed by atoms with van der Waals surface area (Å²) in [7, 11) is 3.58. The number of benzene rings is 8. The van der Waals surface area contributed by atoms with Gasteiger partial charge in [0.1, 0.15) is 21.5 Å². The fourth-order valence-electron chi connectivity index (χ4n) is 8.12. The van der Waals surface area contributed by atoms with Gasteiger partial charge in [0.25, 0.3) is 0 Å². The normalized spacial score (nSPS) is 11.6. The Morgan fingerprint density at radius 2 is 1.02 bits per heavy atom. The first kappa shape index (κ1) is 31.5. The molecule has 1 heterocycles. The maximum absolute atomic E-state index is 10.8. The Hall–Kier alpha value is -6.46. The molecule has 0 saturated heterocycles. The third-order valence-electron chi connectivity index (χ3n) is 10.7. The largest absolute Gasteiger partial charge is 0.505 e. The van der Waals surface area contributed by atoms with Gasteiger partial charge in [-0.2, -0.15) is 0 Å². The summed E-state index contributed by atoms with van der Waals surface area (Å²) in [4.78, 5) is 4.99. The molecule has 9 rings (SSSR count). The molecule has 0 saturated carbocycles. The van der Waals surface area contributed by atoms with Crippen molar-refractivity contribution < 1.29 is 15.3 Å². The zero-order valence-electron chi connectivity index (χ0n) is 29.1. The summed E-state index contributed by atoms with van der Waals surface area (Å²) in [6, 6.07) is 46.9. The van der Waals surface area contributed by atoms with E-state index < -0.39 is 5.75 Å². The lowest BCUT2D eigenvalue weighted by Gasteiger charge is -2.20. The number of aromatic hydroxyl groups is 3. The zero-order chi connectivity index (χ0) is 35.7. The summed E-state index contributed by atoms with van der Waals surface area (Å²) in [5, 5.41) is 38.5. The van der Waals surface area contributed by atoms with E-state index >= 15 is 0 Å². The van der Waals surface area contributed by atoms with E-state index in [1.165, 1.54) is 21.9 Å². The molecule has 0 amide bonds. The van der Waals surface area contributed by atoms with Gasteiger partial charge in [-0.1, -0.05) is 128 Å². The van der Waals surface area contributed by atoms with E-state index in [-0.39, 0.29) is 11.5 Å². The summed E-state index contributed by atoms with van der Waals surface area (Å²) < 4.78 is 2.31. The number of nitrogens with zero attached hydrogens (tertiary/aromatic N) is 2. The number of hydrogen-bond acceptors (Lipinski definition) is 4. The minimum absolute atomic E-state index is 0.295. The topological polar surface area (TPSA) is 78.5 Å². The number of para-hydroxylation sites is 2.